The highest BCUT2D eigenvalue weighted by Crippen LogP contribution is 2.35. The van der Waals surface area contributed by atoms with Crippen LogP contribution in [0.5, 0.6) is 0 Å². The van der Waals surface area contributed by atoms with Crippen molar-refractivity contribution < 1.29 is 9.59 Å². The molecule has 4 heteroatoms. The summed E-state index contributed by atoms with van der Waals surface area (Å²) >= 11 is 0. The second-order valence-corrected chi connectivity index (χ2v) is 15.4. The molecule has 4 rings (SSSR count). The molecule has 0 N–H and O–H groups in total. The molecule has 258 valence electrons. The zero-order valence-electron chi connectivity index (χ0n) is 29.8. The van der Waals surface area contributed by atoms with E-state index >= 15 is 0 Å². The number of carbonyl (C=O) groups excluding carboxylic acids is 2. The van der Waals surface area contributed by atoms with Crippen molar-refractivity contribution in [1.82, 2.24) is 9.80 Å². The summed E-state index contributed by atoms with van der Waals surface area (Å²) in [6.45, 7) is 14.0. The third kappa shape index (κ3) is 13.6. The Balaban J connectivity index is 0.000000276. The van der Waals surface area contributed by atoms with Gasteiger partial charge in [0.15, 0.2) is 0 Å². The minimum Gasteiger partial charge on any atom is -0.319 e. The molecule has 0 spiro atoms. The van der Waals surface area contributed by atoms with Gasteiger partial charge in [-0.15, -0.1) is 0 Å². The number of nitrogens with zero attached hydrogens (tertiary/aromatic N) is 2. The second-order valence-electron chi connectivity index (χ2n) is 15.4. The Kier molecular flexibility index (Phi) is 18.6. The molecule has 0 radical (unpaired) electrons. The number of carbonyl (C=O) groups is 2. The summed E-state index contributed by atoms with van der Waals surface area (Å²) in [4.78, 5) is 27.5. The van der Waals surface area contributed by atoms with E-state index in [4.69, 9.17) is 0 Å². The van der Waals surface area contributed by atoms with Gasteiger partial charge in [0.2, 0.25) is 11.8 Å². The average molecular weight is 625 g/mol. The maximum atomic E-state index is 12.0. The van der Waals surface area contributed by atoms with Gasteiger partial charge in [-0.25, -0.2) is 0 Å². The van der Waals surface area contributed by atoms with E-state index in [9.17, 15) is 9.59 Å². The molecule has 2 aliphatic heterocycles. The van der Waals surface area contributed by atoms with E-state index in [1.54, 1.807) is 22.2 Å². The van der Waals surface area contributed by atoms with Gasteiger partial charge in [-0.05, 0) is 68.2 Å². The Morgan fingerprint density at radius 1 is 0.644 bits per heavy atom. The molecule has 2 heterocycles. The van der Waals surface area contributed by atoms with Crippen molar-refractivity contribution >= 4 is 11.8 Å². The predicted octanol–water partition coefficient (Wildman–Crippen LogP) is 11.5. The number of likely N-dealkylation sites (tertiary alicyclic amines) is 2. The van der Waals surface area contributed by atoms with Gasteiger partial charge in [0.1, 0.15) is 0 Å². The zero-order chi connectivity index (χ0) is 32.3. The molecule has 2 amide bonds. The highest BCUT2D eigenvalue weighted by atomic mass is 16.2. The molecule has 4 nitrogen and oxygen atoms in total. The van der Waals surface area contributed by atoms with Crippen LogP contribution in [0.15, 0.2) is 25.6 Å². The normalized spacial score (nSPS) is 26.5. The summed E-state index contributed by atoms with van der Waals surface area (Å²) in [7, 11) is 0. The van der Waals surface area contributed by atoms with Crippen molar-refractivity contribution in [3.63, 3.8) is 0 Å². The van der Waals surface area contributed by atoms with Crippen molar-refractivity contribution in [2.45, 2.75) is 174 Å². The monoisotopic (exact) mass is 625 g/mol. The molecule has 0 aromatic carbocycles. The fourth-order valence-corrected chi connectivity index (χ4v) is 8.89. The van der Waals surface area contributed by atoms with E-state index in [1.807, 2.05) is 0 Å². The van der Waals surface area contributed by atoms with Crippen molar-refractivity contribution in [3.05, 3.63) is 25.6 Å². The molecule has 3 unspecified atom stereocenters. The molecule has 45 heavy (non-hydrogen) atoms. The quantitative estimate of drug-likeness (QED) is 0.134. The third-order valence-corrected chi connectivity index (χ3v) is 12.2. The molecule has 4 fully saturated rings. The molecule has 4 aliphatic rings. The number of hydrogen-bond acceptors (Lipinski definition) is 2. The highest BCUT2D eigenvalue weighted by Gasteiger charge is 2.31. The summed E-state index contributed by atoms with van der Waals surface area (Å²) < 4.78 is 0. The molecule has 0 aromatic heterocycles. The Labute approximate surface area is 279 Å². The van der Waals surface area contributed by atoms with Crippen molar-refractivity contribution in [3.8, 4) is 0 Å². The van der Waals surface area contributed by atoms with E-state index in [1.165, 1.54) is 135 Å². The lowest BCUT2D eigenvalue weighted by atomic mass is 9.76. The summed E-state index contributed by atoms with van der Waals surface area (Å²) in [6, 6.07) is 0. The molecular formula is C41H72N2O2. The van der Waals surface area contributed by atoms with E-state index in [-0.39, 0.29) is 11.8 Å². The van der Waals surface area contributed by atoms with Crippen LogP contribution in [-0.4, -0.2) is 34.7 Å². The third-order valence-electron chi connectivity index (χ3n) is 12.2. The van der Waals surface area contributed by atoms with Crippen LogP contribution >= 0.6 is 0 Å². The van der Waals surface area contributed by atoms with Crippen LogP contribution in [0.2, 0.25) is 0 Å². The molecule has 2 aliphatic carbocycles. The van der Waals surface area contributed by atoms with Gasteiger partial charge in [-0.3, -0.25) is 9.59 Å². The van der Waals surface area contributed by atoms with Crippen LogP contribution in [0.3, 0.4) is 0 Å². The number of rotatable bonds is 19. The molecular weight excluding hydrogens is 552 g/mol. The van der Waals surface area contributed by atoms with Crippen LogP contribution in [0, 0.1) is 35.5 Å². The van der Waals surface area contributed by atoms with E-state index in [2.05, 4.69) is 27.0 Å². The van der Waals surface area contributed by atoms with Crippen molar-refractivity contribution in [2.75, 3.05) is 13.1 Å². The minimum absolute atomic E-state index is 0.276. The van der Waals surface area contributed by atoms with Gasteiger partial charge in [-0.1, -0.05) is 155 Å². The lowest BCUT2D eigenvalue weighted by Gasteiger charge is -2.29. The van der Waals surface area contributed by atoms with E-state index in [0.717, 1.165) is 62.4 Å². The van der Waals surface area contributed by atoms with Gasteiger partial charge in [0, 0.05) is 24.9 Å². The topological polar surface area (TPSA) is 40.6 Å². The average Bonchev–Trinajstić information content (AvgIpc) is 3.62. The van der Waals surface area contributed by atoms with Crippen LogP contribution < -0.4 is 0 Å². The van der Waals surface area contributed by atoms with Crippen LogP contribution in [0.4, 0.5) is 0 Å². The lowest BCUT2D eigenvalue weighted by Crippen LogP contribution is -2.22. The first-order valence-electron chi connectivity index (χ1n) is 19.8. The number of hydrogen-bond donors (Lipinski definition) is 0. The smallest absolute Gasteiger partial charge is 0.229 e. The predicted molar refractivity (Wildman–Crippen MR) is 192 cm³/mol. The molecule has 2 saturated carbocycles. The van der Waals surface area contributed by atoms with Crippen LogP contribution in [0.1, 0.15) is 174 Å². The van der Waals surface area contributed by atoms with E-state index < -0.39 is 0 Å². The van der Waals surface area contributed by atoms with Crippen molar-refractivity contribution in [2.24, 2.45) is 35.5 Å². The first-order valence-corrected chi connectivity index (χ1v) is 19.8. The fraction of sp³-hybridized carbons (Fsp3) is 0.854. The minimum atomic E-state index is 0.276. The molecule has 0 bridgehead atoms. The summed E-state index contributed by atoms with van der Waals surface area (Å²) in [5, 5.41) is 0. The van der Waals surface area contributed by atoms with Crippen LogP contribution in [0.25, 0.3) is 0 Å². The van der Waals surface area contributed by atoms with E-state index in [0.29, 0.717) is 11.8 Å². The zero-order valence-corrected chi connectivity index (χ0v) is 29.8. The van der Waals surface area contributed by atoms with Gasteiger partial charge in [0.25, 0.3) is 0 Å². The standard InChI is InChI=1S/C26H47NO.C15H25NO/c1-3-23(24-18-15-12-16-19-24)17-13-10-8-6-5-7-9-11-14-20-25-21-22-27(4-2)26(25)28;1-3-16-11-10-14(15(16)17)9-8-13-6-4-12(2)5-7-13/h4,23-25H,2-3,5-22H2,1H3;3,12-14H,1,4-11H2,2H3. The van der Waals surface area contributed by atoms with Crippen LogP contribution in [-0.2, 0) is 9.59 Å². The summed E-state index contributed by atoms with van der Waals surface area (Å²) in [6.07, 6.45) is 37.3. The molecule has 3 atom stereocenters. The SMILES string of the molecule is C=CN1CCC(CCC2CCC(C)CC2)C1=O.C=CN1CCC(CCCCCCCCCCCC(CC)C2CCCCC2)C1=O. The highest BCUT2D eigenvalue weighted by molar-refractivity contribution is 5.82. The Hall–Kier alpha value is -1.58. The van der Waals surface area contributed by atoms with Crippen molar-refractivity contribution in [1.29, 1.82) is 0 Å². The molecule has 0 aromatic rings. The first kappa shape index (κ1) is 37.9. The molecule has 2 saturated heterocycles. The number of amides is 2. The Bertz CT molecular complexity index is 840. The summed E-state index contributed by atoms with van der Waals surface area (Å²) in [5.74, 6) is 5.06. The first-order chi connectivity index (χ1) is 22.0. The number of unbranched alkanes of at least 4 members (excludes halogenated alkanes) is 8. The fourth-order valence-electron chi connectivity index (χ4n) is 8.89. The lowest BCUT2D eigenvalue weighted by molar-refractivity contribution is -0.129. The van der Waals surface area contributed by atoms with Gasteiger partial charge in [0.05, 0.1) is 0 Å². The Morgan fingerprint density at radius 2 is 1.16 bits per heavy atom. The maximum absolute atomic E-state index is 12.0. The largest absolute Gasteiger partial charge is 0.319 e. The summed E-state index contributed by atoms with van der Waals surface area (Å²) in [5.41, 5.74) is 0. The maximum Gasteiger partial charge on any atom is 0.229 e. The van der Waals surface area contributed by atoms with Gasteiger partial charge in [-0.2, -0.15) is 0 Å². The van der Waals surface area contributed by atoms with Gasteiger partial charge >= 0.3 is 0 Å². The Morgan fingerprint density at radius 3 is 1.67 bits per heavy atom. The van der Waals surface area contributed by atoms with Gasteiger partial charge < -0.3 is 9.80 Å². The second kappa shape index (κ2) is 22.1.